The number of aliphatic hydroxyl groups excluding tert-OH is 1. The quantitative estimate of drug-likeness (QED) is 0.502. The van der Waals surface area contributed by atoms with Crippen molar-refractivity contribution in [1.29, 1.82) is 0 Å². The molecular weight excluding hydrogens is 152 g/mol. The van der Waals surface area contributed by atoms with Gasteiger partial charge in [0.2, 0.25) is 5.78 Å². The SMILES string of the molecule is O=C(CO)CCC(=O)C(=O)O. The number of Topliss-reactive ketones (excluding diaryl/α,β-unsaturated/α-hetero) is 2. The van der Waals surface area contributed by atoms with Crippen molar-refractivity contribution in [3.8, 4) is 0 Å². The Balaban J connectivity index is 3.63. The number of carboxylic acids is 1. The molecule has 0 aromatic carbocycles. The summed E-state index contributed by atoms with van der Waals surface area (Å²) in [6, 6.07) is 0. The van der Waals surface area contributed by atoms with Gasteiger partial charge in [0.05, 0.1) is 0 Å². The molecule has 0 bridgehead atoms. The molecule has 62 valence electrons. The van der Waals surface area contributed by atoms with Gasteiger partial charge in [-0.05, 0) is 0 Å². The normalized spacial score (nSPS) is 9.18. The molecule has 0 aliphatic rings. The van der Waals surface area contributed by atoms with E-state index in [0.29, 0.717) is 0 Å². The molecule has 0 amide bonds. The molecule has 2 N–H and O–H groups in total. The molecule has 0 aliphatic heterocycles. The van der Waals surface area contributed by atoms with Gasteiger partial charge in [0.15, 0.2) is 5.78 Å². The number of rotatable bonds is 5. The van der Waals surface area contributed by atoms with Gasteiger partial charge in [-0.15, -0.1) is 0 Å². The number of carbonyl (C=O) groups excluding carboxylic acids is 2. The van der Waals surface area contributed by atoms with Crippen LogP contribution in [0.25, 0.3) is 0 Å². The molecule has 5 nitrogen and oxygen atoms in total. The number of aliphatic hydroxyl groups is 1. The van der Waals surface area contributed by atoms with Crippen LogP contribution < -0.4 is 0 Å². The second kappa shape index (κ2) is 4.56. The lowest BCUT2D eigenvalue weighted by atomic mass is 10.2. The molecule has 0 saturated heterocycles. The lowest BCUT2D eigenvalue weighted by molar-refractivity contribution is -0.149. The monoisotopic (exact) mass is 160 g/mol. The van der Waals surface area contributed by atoms with E-state index in [0.717, 1.165) is 0 Å². The molecule has 0 aromatic heterocycles. The second-order valence-corrected chi connectivity index (χ2v) is 1.93. The summed E-state index contributed by atoms with van der Waals surface area (Å²) < 4.78 is 0. The van der Waals surface area contributed by atoms with E-state index in [2.05, 4.69) is 0 Å². The summed E-state index contributed by atoms with van der Waals surface area (Å²) in [6.07, 6.45) is -0.545. The van der Waals surface area contributed by atoms with Crippen LogP contribution in [-0.4, -0.2) is 34.4 Å². The Hall–Kier alpha value is -1.23. The van der Waals surface area contributed by atoms with Gasteiger partial charge in [0.1, 0.15) is 6.61 Å². The number of carboxylic acid groups (broad SMARTS) is 1. The fourth-order valence-corrected chi connectivity index (χ4v) is 0.439. The first-order valence-electron chi connectivity index (χ1n) is 2.96. The molecule has 5 heteroatoms. The number of hydrogen-bond donors (Lipinski definition) is 2. The summed E-state index contributed by atoms with van der Waals surface area (Å²) in [6.45, 7) is -0.646. The van der Waals surface area contributed by atoms with Crippen LogP contribution in [-0.2, 0) is 14.4 Å². The Morgan fingerprint density at radius 3 is 2.00 bits per heavy atom. The Morgan fingerprint density at radius 1 is 1.09 bits per heavy atom. The average molecular weight is 160 g/mol. The van der Waals surface area contributed by atoms with E-state index in [9.17, 15) is 14.4 Å². The first-order chi connectivity index (χ1) is 5.07. The van der Waals surface area contributed by atoms with Crippen LogP contribution in [0, 0.1) is 0 Å². The van der Waals surface area contributed by atoms with Crippen molar-refractivity contribution in [2.75, 3.05) is 6.61 Å². The van der Waals surface area contributed by atoms with E-state index in [1.165, 1.54) is 0 Å². The van der Waals surface area contributed by atoms with Crippen molar-refractivity contribution in [3.63, 3.8) is 0 Å². The summed E-state index contributed by atoms with van der Waals surface area (Å²) in [7, 11) is 0. The van der Waals surface area contributed by atoms with Crippen molar-refractivity contribution in [1.82, 2.24) is 0 Å². The lowest BCUT2D eigenvalue weighted by Crippen LogP contribution is -2.15. The molecule has 0 heterocycles. The Labute approximate surface area is 62.6 Å². The highest BCUT2D eigenvalue weighted by molar-refractivity contribution is 6.32. The third kappa shape index (κ3) is 4.21. The van der Waals surface area contributed by atoms with Gasteiger partial charge in [0, 0.05) is 12.8 Å². The molecule has 0 spiro atoms. The van der Waals surface area contributed by atoms with Crippen LogP contribution in [0.5, 0.6) is 0 Å². The zero-order valence-electron chi connectivity index (χ0n) is 5.74. The minimum atomic E-state index is -1.55. The Kier molecular flexibility index (Phi) is 4.05. The minimum absolute atomic E-state index is 0.207. The van der Waals surface area contributed by atoms with Gasteiger partial charge in [-0.1, -0.05) is 0 Å². The first kappa shape index (κ1) is 9.77. The van der Waals surface area contributed by atoms with Gasteiger partial charge in [0.25, 0.3) is 0 Å². The van der Waals surface area contributed by atoms with Crippen molar-refractivity contribution < 1.29 is 24.6 Å². The van der Waals surface area contributed by atoms with E-state index >= 15 is 0 Å². The fraction of sp³-hybridized carbons (Fsp3) is 0.500. The third-order valence-corrected chi connectivity index (χ3v) is 1.05. The Bertz CT molecular complexity index is 183. The maximum atomic E-state index is 10.3. The number of aliphatic carboxylic acids is 1. The van der Waals surface area contributed by atoms with Crippen LogP contribution in [0.4, 0.5) is 0 Å². The summed E-state index contributed by atoms with van der Waals surface area (Å²) in [4.78, 5) is 30.6. The topological polar surface area (TPSA) is 91.7 Å². The Morgan fingerprint density at radius 2 is 1.64 bits per heavy atom. The van der Waals surface area contributed by atoms with Gasteiger partial charge >= 0.3 is 5.97 Å². The van der Waals surface area contributed by atoms with Crippen LogP contribution in [0.1, 0.15) is 12.8 Å². The van der Waals surface area contributed by atoms with Crippen molar-refractivity contribution in [2.45, 2.75) is 12.8 Å². The van der Waals surface area contributed by atoms with Gasteiger partial charge in [-0.2, -0.15) is 0 Å². The highest BCUT2D eigenvalue weighted by atomic mass is 16.4. The zero-order valence-corrected chi connectivity index (χ0v) is 5.74. The molecule has 0 saturated carbocycles. The number of ketones is 2. The third-order valence-electron chi connectivity index (χ3n) is 1.05. The number of hydrogen-bond acceptors (Lipinski definition) is 4. The van der Waals surface area contributed by atoms with Crippen LogP contribution >= 0.6 is 0 Å². The van der Waals surface area contributed by atoms with Gasteiger partial charge < -0.3 is 10.2 Å². The van der Waals surface area contributed by atoms with Crippen LogP contribution in [0.15, 0.2) is 0 Å². The minimum Gasteiger partial charge on any atom is -0.476 e. The summed E-state index contributed by atoms with van der Waals surface area (Å²) in [5, 5.41) is 16.2. The molecule has 0 fully saturated rings. The van der Waals surface area contributed by atoms with Crippen molar-refractivity contribution >= 4 is 17.5 Å². The molecule has 0 aliphatic carbocycles. The van der Waals surface area contributed by atoms with Gasteiger partial charge in [-0.25, -0.2) is 4.79 Å². The molecule has 11 heavy (non-hydrogen) atoms. The van der Waals surface area contributed by atoms with E-state index in [1.54, 1.807) is 0 Å². The zero-order chi connectivity index (χ0) is 8.85. The van der Waals surface area contributed by atoms with Crippen LogP contribution in [0.2, 0.25) is 0 Å². The van der Waals surface area contributed by atoms with E-state index < -0.39 is 24.1 Å². The second-order valence-electron chi connectivity index (χ2n) is 1.93. The summed E-state index contributed by atoms with van der Waals surface area (Å²) in [5.41, 5.74) is 0. The highest BCUT2D eigenvalue weighted by Gasteiger charge is 2.12. The molecule has 0 unspecified atom stereocenters. The predicted octanol–water partition coefficient (Wildman–Crippen LogP) is -1.02. The lowest BCUT2D eigenvalue weighted by Gasteiger charge is -1.92. The van der Waals surface area contributed by atoms with Crippen molar-refractivity contribution in [3.05, 3.63) is 0 Å². The largest absolute Gasteiger partial charge is 0.476 e. The maximum absolute atomic E-state index is 10.3. The first-order valence-corrected chi connectivity index (χ1v) is 2.96. The smallest absolute Gasteiger partial charge is 0.372 e. The van der Waals surface area contributed by atoms with Crippen LogP contribution in [0.3, 0.4) is 0 Å². The summed E-state index contributed by atoms with van der Waals surface area (Å²) >= 11 is 0. The molecular formula is C6H8O5. The van der Waals surface area contributed by atoms with Crippen molar-refractivity contribution in [2.24, 2.45) is 0 Å². The molecule has 0 atom stereocenters. The summed E-state index contributed by atoms with van der Waals surface area (Å²) in [5.74, 6) is -3.08. The van der Waals surface area contributed by atoms with E-state index in [-0.39, 0.29) is 12.8 Å². The highest BCUT2D eigenvalue weighted by Crippen LogP contribution is 1.91. The molecule has 0 rings (SSSR count). The average Bonchev–Trinajstić information content (AvgIpc) is 1.99. The standard InChI is InChI=1S/C6H8O5/c7-3-4(8)1-2-5(9)6(10)11/h7H,1-3H2,(H,10,11). The molecule has 0 aromatic rings. The van der Waals surface area contributed by atoms with E-state index in [4.69, 9.17) is 10.2 Å². The fourth-order valence-electron chi connectivity index (χ4n) is 0.439. The molecule has 0 radical (unpaired) electrons. The van der Waals surface area contributed by atoms with E-state index in [1.807, 2.05) is 0 Å². The maximum Gasteiger partial charge on any atom is 0.372 e. The predicted molar refractivity (Wildman–Crippen MR) is 34.0 cm³/mol. The van der Waals surface area contributed by atoms with Gasteiger partial charge in [-0.3, -0.25) is 9.59 Å². The number of carbonyl (C=O) groups is 3.